The zero-order valence-corrected chi connectivity index (χ0v) is 13.5. The van der Waals surface area contributed by atoms with Gasteiger partial charge in [0.05, 0.1) is 0 Å². The summed E-state index contributed by atoms with van der Waals surface area (Å²) in [6.45, 7) is 4.45. The first-order valence-corrected chi connectivity index (χ1v) is 8.20. The van der Waals surface area contributed by atoms with Crippen LogP contribution in [0.25, 0.3) is 0 Å². The Bertz CT molecular complexity index is 348. The standard InChI is InChI=1S/C14H19Br2F/c1-3-11(2)8-14(9-15,10-16)12-5-4-6-13(17)7-12/h4-7,11H,3,8-10H2,1-2H3. The van der Waals surface area contributed by atoms with Crippen molar-refractivity contribution in [3.05, 3.63) is 35.6 Å². The molecule has 1 aromatic rings. The maximum absolute atomic E-state index is 13.4. The van der Waals surface area contributed by atoms with Gasteiger partial charge < -0.3 is 0 Å². The van der Waals surface area contributed by atoms with Crippen LogP contribution >= 0.6 is 31.9 Å². The number of hydrogen-bond donors (Lipinski definition) is 0. The van der Waals surface area contributed by atoms with Gasteiger partial charge in [0.2, 0.25) is 0 Å². The van der Waals surface area contributed by atoms with Gasteiger partial charge in [0.25, 0.3) is 0 Å². The van der Waals surface area contributed by atoms with Crippen molar-refractivity contribution >= 4 is 31.9 Å². The molecular weight excluding hydrogens is 347 g/mol. The molecule has 0 radical (unpaired) electrons. The van der Waals surface area contributed by atoms with E-state index in [2.05, 4.69) is 45.7 Å². The molecule has 0 aliphatic rings. The van der Waals surface area contributed by atoms with Gasteiger partial charge in [-0.3, -0.25) is 0 Å². The van der Waals surface area contributed by atoms with Gasteiger partial charge in [0.15, 0.2) is 0 Å². The second-order valence-corrected chi connectivity index (χ2v) is 5.90. The van der Waals surface area contributed by atoms with Gasteiger partial charge in [-0.25, -0.2) is 4.39 Å². The molecule has 0 heterocycles. The minimum Gasteiger partial charge on any atom is -0.207 e. The Labute approximate surface area is 120 Å². The van der Waals surface area contributed by atoms with Crippen molar-refractivity contribution in [3.8, 4) is 0 Å². The molecule has 3 heteroatoms. The molecule has 0 fully saturated rings. The lowest BCUT2D eigenvalue weighted by Crippen LogP contribution is -2.32. The van der Waals surface area contributed by atoms with Gasteiger partial charge in [-0.2, -0.15) is 0 Å². The van der Waals surface area contributed by atoms with E-state index in [9.17, 15) is 4.39 Å². The molecule has 1 atom stereocenters. The Balaban J connectivity index is 3.06. The van der Waals surface area contributed by atoms with E-state index in [0.717, 1.165) is 29.1 Å². The Morgan fingerprint density at radius 3 is 2.41 bits per heavy atom. The van der Waals surface area contributed by atoms with Gasteiger partial charge in [-0.05, 0) is 30.0 Å². The normalized spacial score (nSPS) is 13.7. The number of rotatable bonds is 6. The summed E-state index contributed by atoms with van der Waals surface area (Å²) in [5.74, 6) is 0.478. The van der Waals surface area contributed by atoms with Crippen molar-refractivity contribution in [2.75, 3.05) is 10.7 Å². The van der Waals surface area contributed by atoms with Crippen molar-refractivity contribution < 1.29 is 4.39 Å². The lowest BCUT2D eigenvalue weighted by Gasteiger charge is -2.33. The van der Waals surface area contributed by atoms with Crippen molar-refractivity contribution in [1.29, 1.82) is 0 Å². The van der Waals surface area contributed by atoms with Crippen LogP contribution in [-0.4, -0.2) is 10.7 Å². The molecule has 1 unspecified atom stereocenters. The number of hydrogen-bond acceptors (Lipinski definition) is 0. The summed E-state index contributed by atoms with van der Waals surface area (Å²) in [7, 11) is 0. The molecule has 0 aliphatic heterocycles. The fourth-order valence-corrected chi connectivity index (χ4v) is 4.08. The van der Waals surface area contributed by atoms with Crippen molar-refractivity contribution in [2.45, 2.75) is 32.1 Å². The Morgan fingerprint density at radius 1 is 1.29 bits per heavy atom. The maximum atomic E-state index is 13.4. The van der Waals surface area contributed by atoms with Crippen LogP contribution in [-0.2, 0) is 5.41 Å². The highest BCUT2D eigenvalue weighted by molar-refractivity contribution is 9.09. The molecule has 0 saturated heterocycles. The van der Waals surface area contributed by atoms with Crippen LogP contribution in [0.1, 0.15) is 32.3 Å². The predicted octanol–water partition coefficient (Wildman–Crippen LogP) is 5.29. The summed E-state index contributed by atoms with van der Waals surface area (Å²) in [5.41, 5.74) is 1.06. The van der Waals surface area contributed by atoms with Crippen LogP contribution in [0.5, 0.6) is 0 Å². The van der Waals surface area contributed by atoms with E-state index in [1.807, 2.05) is 6.07 Å². The molecule has 0 aliphatic carbocycles. The summed E-state index contributed by atoms with van der Waals surface area (Å²) in [6, 6.07) is 6.97. The molecule has 1 rings (SSSR count). The summed E-state index contributed by atoms with van der Waals surface area (Å²) >= 11 is 7.20. The van der Waals surface area contributed by atoms with E-state index in [1.54, 1.807) is 12.1 Å². The summed E-state index contributed by atoms with van der Waals surface area (Å²) in [4.78, 5) is 0. The molecule has 0 bridgehead atoms. The van der Waals surface area contributed by atoms with Gasteiger partial charge >= 0.3 is 0 Å². The average Bonchev–Trinajstić information content (AvgIpc) is 2.35. The van der Waals surface area contributed by atoms with Crippen LogP contribution in [0, 0.1) is 11.7 Å². The Morgan fingerprint density at radius 2 is 1.94 bits per heavy atom. The van der Waals surface area contributed by atoms with Crippen LogP contribution < -0.4 is 0 Å². The molecule has 1 aromatic carbocycles. The first-order chi connectivity index (χ1) is 8.07. The highest BCUT2D eigenvalue weighted by Gasteiger charge is 2.31. The molecular formula is C14H19Br2F. The van der Waals surface area contributed by atoms with Gasteiger partial charge in [0.1, 0.15) is 5.82 Å². The number of alkyl halides is 2. The third-order valence-electron chi connectivity index (χ3n) is 3.38. The van der Waals surface area contributed by atoms with Crippen LogP contribution in [0.15, 0.2) is 24.3 Å². The molecule has 0 N–H and O–H groups in total. The first kappa shape index (κ1) is 15.2. The molecule has 0 spiro atoms. The second kappa shape index (κ2) is 6.89. The van der Waals surface area contributed by atoms with E-state index < -0.39 is 0 Å². The Kier molecular flexibility index (Phi) is 6.14. The topological polar surface area (TPSA) is 0 Å². The fraction of sp³-hybridized carbons (Fsp3) is 0.571. The van der Waals surface area contributed by atoms with Crippen molar-refractivity contribution in [3.63, 3.8) is 0 Å². The van der Waals surface area contributed by atoms with Gasteiger partial charge in [-0.15, -0.1) is 0 Å². The third kappa shape index (κ3) is 3.78. The first-order valence-electron chi connectivity index (χ1n) is 5.96. The number of benzene rings is 1. The van der Waals surface area contributed by atoms with E-state index in [1.165, 1.54) is 6.07 Å². The lowest BCUT2D eigenvalue weighted by atomic mass is 9.77. The number of halogens is 3. The lowest BCUT2D eigenvalue weighted by molar-refractivity contribution is 0.385. The maximum Gasteiger partial charge on any atom is 0.123 e. The van der Waals surface area contributed by atoms with Crippen LogP contribution in [0.2, 0.25) is 0 Å². The fourth-order valence-electron chi connectivity index (χ4n) is 2.05. The minimum atomic E-state index is -0.155. The minimum absolute atomic E-state index is 0.0163. The Hall–Kier alpha value is 0.110. The largest absolute Gasteiger partial charge is 0.207 e. The van der Waals surface area contributed by atoms with E-state index in [-0.39, 0.29) is 11.2 Å². The van der Waals surface area contributed by atoms with E-state index in [4.69, 9.17) is 0 Å². The summed E-state index contributed by atoms with van der Waals surface area (Å²) in [5, 5.41) is 1.69. The summed E-state index contributed by atoms with van der Waals surface area (Å²) in [6.07, 6.45) is 2.21. The van der Waals surface area contributed by atoms with E-state index in [0.29, 0.717) is 5.92 Å². The molecule has 0 aromatic heterocycles. The highest BCUT2D eigenvalue weighted by Crippen LogP contribution is 2.36. The molecule has 0 amide bonds. The highest BCUT2D eigenvalue weighted by atomic mass is 79.9. The SMILES string of the molecule is CCC(C)CC(CBr)(CBr)c1cccc(F)c1. The second-order valence-electron chi connectivity index (χ2n) is 4.78. The summed E-state index contributed by atoms with van der Waals surface area (Å²) < 4.78 is 13.4. The van der Waals surface area contributed by atoms with Gasteiger partial charge in [-0.1, -0.05) is 64.3 Å². The monoisotopic (exact) mass is 364 g/mol. The van der Waals surface area contributed by atoms with Crippen molar-refractivity contribution in [1.82, 2.24) is 0 Å². The zero-order valence-electron chi connectivity index (χ0n) is 10.3. The van der Waals surface area contributed by atoms with Gasteiger partial charge in [0, 0.05) is 16.1 Å². The molecule has 0 saturated carbocycles. The molecule has 0 nitrogen and oxygen atoms in total. The van der Waals surface area contributed by atoms with Crippen molar-refractivity contribution in [2.24, 2.45) is 5.92 Å². The zero-order chi connectivity index (χ0) is 12.9. The van der Waals surface area contributed by atoms with Crippen LogP contribution in [0.4, 0.5) is 4.39 Å². The predicted molar refractivity (Wildman–Crippen MR) is 79.7 cm³/mol. The average molecular weight is 366 g/mol. The molecule has 17 heavy (non-hydrogen) atoms. The third-order valence-corrected chi connectivity index (χ3v) is 5.53. The molecule has 96 valence electrons. The van der Waals surface area contributed by atoms with Crippen LogP contribution in [0.3, 0.4) is 0 Å². The quantitative estimate of drug-likeness (QED) is 0.601. The van der Waals surface area contributed by atoms with E-state index >= 15 is 0 Å². The smallest absolute Gasteiger partial charge is 0.123 e.